The third-order valence-electron chi connectivity index (χ3n) is 4.44. The van der Waals surface area contributed by atoms with Crippen molar-refractivity contribution in [1.29, 1.82) is 0 Å². The molecular formula is C22H24N2O3S. The smallest absolute Gasteiger partial charge is 0.226 e. The highest BCUT2D eigenvalue weighted by Crippen LogP contribution is 2.29. The number of thiazole rings is 1. The highest BCUT2D eigenvalue weighted by Gasteiger charge is 2.16. The summed E-state index contributed by atoms with van der Waals surface area (Å²) >= 11 is 1.55. The molecule has 5 nitrogen and oxygen atoms in total. The van der Waals surface area contributed by atoms with Crippen molar-refractivity contribution in [3.8, 4) is 22.1 Å². The Balaban J connectivity index is 1.66. The Labute approximate surface area is 169 Å². The molecule has 0 fully saturated rings. The highest BCUT2D eigenvalue weighted by molar-refractivity contribution is 7.13. The third kappa shape index (κ3) is 4.70. The van der Waals surface area contributed by atoms with E-state index in [0.29, 0.717) is 11.5 Å². The molecule has 0 spiro atoms. The predicted molar refractivity (Wildman–Crippen MR) is 112 cm³/mol. The molecule has 0 bridgehead atoms. The lowest BCUT2D eigenvalue weighted by molar-refractivity contribution is -0.121. The second-order valence-corrected chi connectivity index (χ2v) is 7.45. The number of ether oxygens (including phenoxy) is 2. The molecule has 146 valence electrons. The van der Waals surface area contributed by atoms with Gasteiger partial charge in [-0.25, -0.2) is 4.98 Å². The van der Waals surface area contributed by atoms with Gasteiger partial charge in [0.05, 0.1) is 32.4 Å². The van der Waals surface area contributed by atoms with E-state index < -0.39 is 0 Å². The van der Waals surface area contributed by atoms with Gasteiger partial charge in [0.25, 0.3) is 0 Å². The molecule has 0 saturated carbocycles. The minimum absolute atomic E-state index is 0.0773. The summed E-state index contributed by atoms with van der Waals surface area (Å²) < 4.78 is 10.7. The molecule has 1 atom stereocenters. The van der Waals surface area contributed by atoms with Crippen molar-refractivity contribution in [3.05, 3.63) is 64.7 Å². The van der Waals surface area contributed by atoms with Crippen molar-refractivity contribution < 1.29 is 14.3 Å². The Morgan fingerprint density at radius 1 is 1.18 bits per heavy atom. The van der Waals surface area contributed by atoms with Crippen LogP contribution in [-0.4, -0.2) is 25.1 Å². The molecule has 6 heteroatoms. The van der Waals surface area contributed by atoms with Gasteiger partial charge >= 0.3 is 0 Å². The van der Waals surface area contributed by atoms with Crippen LogP contribution in [0.3, 0.4) is 0 Å². The number of hydrogen-bond acceptors (Lipinski definition) is 5. The van der Waals surface area contributed by atoms with E-state index in [1.807, 2.05) is 42.6 Å². The summed E-state index contributed by atoms with van der Waals surface area (Å²) in [5, 5.41) is 5.89. The van der Waals surface area contributed by atoms with Crippen molar-refractivity contribution >= 4 is 17.2 Å². The quantitative estimate of drug-likeness (QED) is 0.636. The van der Waals surface area contributed by atoms with Gasteiger partial charge in [-0.3, -0.25) is 4.79 Å². The second kappa shape index (κ2) is 8.89. The van der Waals surface area contributed by atoms with Gasteiger partial charge in [-0.2, -0.15) is 0 Å². The maximum atomic E-state index is 12.5. The normalized spacial score (nSPS) is 11.7. The zero-order valence-corrected chi connectivity index (χ0v) is 17.3. The first-order valence-electron chi connectivity index (χ1n) is 9.03. The SMILES string of the molecule is COc1ccc(C(C)NC(=O)Cc2csc(-c3cccc(C)c3)n2)c(OC)c1. The fourth-order valence-electron chi connectivity index (χ4n) is 3.01. The van der Waals surface area contributed by atoms with E-state index in [4.69, 9.17) is 9.47 Å². The van der Waals surface area contributed by atoms with Crippen molar-refractivity contribution in [3.63, 3.8) is 0 Å². The van der Waals surface area contributed by atoms with Crippen LogP contribution in [0.1, 0.15) is 29.8 Å². The Morgan fingerprint density at radius 2 is 2.00 bits per heavy atom. The first-order chi connectivity index (χ1) is 13.5. The van der Waals surface area contributed by atoms with E-state index in [-0.39, 0.29) is 18.4 Å². The molecule has 1 amide bonds. The standard InChI is InChI=1S/C22H24N2O3S/c1-14-6-5-7-16(10-14)22-24-17(13-28-22)11-21(25)23-15(2)19-9-8-18(26-3)12-20(19)27-4/h5-10,12-13,15H,11H2,1-4H3,(H,23,25). The lowest BCUT2D eigenvalue weighted by atomic mass is 10.1. The van der Waals surface area contributed by atoms with Gasteiger partial charge in [0.1, 0.15) is 16.5 Å². The van der Waals surface area contributed by atoms with Crippen LogP contribution in [0.25, 0.3) is 10.6 Å². The summed E-state index contributed by atoms with van der Waals surface area (Å²) in [5.41, 5.74) is 3.94. The minimum atomic E-state index is -0.191. The maximum Gasteiger partial charge on any atom is 0.226 e. The lowest BCUT2D eigenvalue weighted by Crippen LogP contribution is -2.28. The van der Waals surface area contributed by atoms with Crippen LogP contribution in [0.5, 0.6) is 11.5 Å². The number of nitrogens with zero attached hydrogens (tertiary/aromatic N) is 1. The maximum absolute atomic E-state index is 12.5. The third-order valence-corrected chi connectivity index (χ3v) is 5.38. The molecule has 0 aliphatic rings. The number of aryl methyl sites for hydroxylation is 1. The molecule has 3 rings (SSSR count). The molecular weight excluding hydrogens is 372 g/mol. The van der Waals surface area contributed by atoms with E-state index >= 15 is 0 Å². The number of methoxy groups -OCH3 is 2. The zero-order chi connectivity index (χ0) is 20.1. The summed E-state index contributed by atoms with van der Waals surface area (Å²) in [6.45, 7) is 3.99. The zero-order valence-electron chi connectivity index (χ0n) is 16.5. The van der Waals surface area contributed by atoms with Gasteiger partial charge in [-0.05, 0) is 32.0 Å². The molecule has 0 radical (unpaired) electrons. The average molecular weight is 397 g/mol. The van der Waals surface area contributed by atoms with Gasteiger partial charge in [-0.15, -0.1) is 11.3 Å². The monoisotopic (exact) mass is 396 g/mol. The summed E-state index contributed by atoms with van der Waals surface area (Å²) in [6, 6.07) is 13.6. The van der Waals surface area contributed by atoms with Crippen molar-refractivity contribution in [2.24, 2.45) is 0 Å². The van der Waals surface area contributed by atoms with Gasteiger partial charge < -0.3 is 14.8 Å². The predicted octanol–water partition coefficient (Wildman–Crippen LogP) is 4.56. The van der Waals surface area contributed by atoms with Crippen LogP contribution in [0.15, 0.2) is 47.8 Å². The van der Waals surface area contributed by atoms with Gasteiger partial charge in [-0.1, -0.05) is 23.8 Å². The van der Waals surface area contributed by atoms with Crippen LogP contribution in [0.2, 0.25) is 0 Å². The Hall–Kier alpha value is -2.86. The summed E-state index contributed by atoms with van der Waals surface area (Å²) in [6.07, 6.45) is 0.241. The van der Waals surface area contributed by atoms with Crippen LogP contribution in [-0.2, 0) is 11.2 Å². The van der Waals surface area contributed by atoms with Crippen molar-refractivity contribution in [1.82, 2.24) is 10.3 Å². The number of aromatic nitrogens is 1. The van der Waals surface area contributed by atoms with Crippen molar-refractivity contribution in [2.75, 3.05) is 14.2 Å². The fourth-order valence-corrected chi connectivity index (χ4v) is 3.83. The fraction of sp³-hybridized carbons (Fsp3) is 0.273. The average Bonchev–Trinajstić information content (AvgIpc) is 3.15. The first kappa shape index (κ1) is 19.9. The molecule has 0 aliphatic heterocycles. The number of amides is 1. The number of carbonyl (C=O) groups excluding carboxylic acids is 1. The van der Waals surface area contributed by atoms with Gasteiger partial charge in [0.2, 0.25) is 5.91 Å². The largest absolute Gasteiger partial charge is 0.497 e. The van der Waals surface area contributed by atoms with Gasteiger partial charge in [0.15, 0.2) is 0 Å². The van der Waals surface area contributed by atoms with E-state index in [0.717, 1.165) is 21.8 Å². The van der Waals surface area contributed by atoms with E-state index in [2.05, 4.69) is 29.4 Å². The second-order valence-electron chi connectivity index (χ2n) is 6.59. The van der Waals surface area contributed by atoms with Crippen molar-refractivity contribution in [2.45, 2.75) is 26.3 Å². The van der Waals surface area contributed by atoms with E-state index in [1.54, 1.807) is 25.6 Å². The highest BCUT2D eigenvalue weighted by atomic mass is 32.1. The van der Waals surface area contributed by atoms with Crippen LogP contribution in [0, 0.1) is 6.92 Å². The van der Waals surface area contributed by atoms with Crippen LogP contribution < -0.4 is 14.8 Å². The molecule has 1 aromatic heterocycles. The van der Waals surface area contributed by atoms with Gasteiger partial charge in [0, 0.05) is 22.6 Å². The Kier molecular flexibility index (Phi) is 6.31. The molecule has 3 aromatic rings. The summed E-state index contributed by atoms with van der Waals surface area (Å²) in [7, 11) is 3.22. The molecule has 1 heterocycles. The minimum Gasteiger partial charge on any atom is -0.497 e. The number of nitrogens with one attached hydrogen (secondary N) is 1. The Morgan fingerprint density at radius 3 is 2.71 bits per heavy atom. The topological polar surface area (TPSA) is 60.5 Å². The molecule has 0 aliphatic carbocycles. The molecule has 1 N–H and O–H groups in total. The lowest BCUT2D eigenvalue weighted by Gasteiger charge is -2.18. The molecule has 28 heavy (non-hydrogen) atoms. The van der Waals surface area contributed by atoms with Crippen LogP contribution >= 0.6 is 11.3 Å². The Bertz CT molecular complexity index is 968. The number of carbonyl (C=O) groups is 1. The molecule has 2 aromatic carbocycles. The summed E-state index contributed by atoms with van der Waals surface area (Å²) in [5.74, 6) is 1.32. The molecule has 0 saturated heterocycles. The number of benzene rings is 2. The van der Waals surface area contributed by atoms with E-state index in [9.17, 15) is 4.79 Å². The summed E-state index contributed by atoms with van der Waals surface area (Å²) in [4.78, 5) is 17.1. The van der Waals surface area contributed by atoms with Crippen LogP contribution in [0.4, 0.5) is 0 Å². The molecule has 1 unspecified atom stereocenters. The first-order valence-corrected chi connectivity index (χ1v) is 9.91. The van der Waals surface area contributed by atoms with E-state index in [1.165, 1.54) is 5.56 Å². The number of rotatable bonds is 7. The number of hydrogen-bond donors (Lipinski definition) is 1.